The van der Waals surface area contributed by atoms with Crippen LogP contribution in [0.2, 0.25) is 0 Å². The highest BCUT2D eigenvalue weighted by Crippen LogP contribution is 2.26. The number of anilines is 2. The standard InChI is InChI=1S/C13H11F2IN2O2S/c1-7-10(15)5-9(17)6-13(7)21(19,20)18-12-3-2-8(14)4-11(12)16/h2-6,18H,17H2,1H3. The minimum Gasteiger partial charge on any atom is -0.399 e. The van der Waals surface area contributed by atoms with Crippen molar-refractivity contribution in [1.82, 2.24) is 0 Å². The molecule has 0 fully saturated rings. The van der Waals surface area contributed by atoms with E-state index in [1.54, 1.807) is 22.6 Å². The average molecular weight is 424 g/mol. The third-order valence-corrected chi connectivity index (χ3v) is 5.17. The Bertz CT molecular complexity index is 810. The number of nitrogens with one attached hydrogen (secondary N) is 1. The lowest BCUT2D eigenvalue weighted by molar-refractivity contribution is 0.591. The maximum atomic E-state index is 13.6. The van der Waals surface area contributed by atoms with E-state index < -0.39 is 21.7 Å². The number of halogens is 3. The molecule has 0 bridgehead atoms. The molecule has 4 nitrogen and oxygen atoms in total. The zero-order chi connectivity index (χ0) is 15.8. The summed E-state index contributed by atoms with van der Waals surface area (Å²) in [4.78, 5) is -0.250. The van der Waals surface area contributed by atoms with E-state index in [0.717, 1.165) is 12.1 Å². The lowest BCUT2D eigenvalue weighted by atomic mass is 10.2. The van der Waals surface area contributed by atoms with Gasteiger partial charge in [-0.1, -0.05) is 0 Å². The van der Waals surface area contributed by atoms with Gasteiger partial charge in [-0.05, 0) is 59.8 Å². The Morgan fingerprint density at radius 3 is 2.48 bits per heavy atom. The van der Waals surface area contributed by atoms with Crippen LogP contribution in [0.15, 0.2) is 35.2 Å². The molecule has 0 saturated heterocycles. The second-order valence-electron chi connectivity index (χ2n) is 4.36. The third kappa shape index (κ3) is 3.43. The van der Waals surface area contributed by atoms with Gasteiger partial charge in [-0.15, -0.1) is 0 Å². The molecule has 0 radical (unpaired) electrons. The molecule has 0 heterocycles. The Labute approximate surface area is 134 Å². The minimum absolute atomic E-state index is 0.00674. The van der Waals surface area contributed by atoms with Crippen LogP contribution in [0.5, 0.6) is 0 Å². The highest BCUT2D eigenvalue weighted by atomic mass is 127. The van der Waals surface area contributed by atoms with Crippen molar-refractivity contribution in [3.05, 3.63) is 51.1 Å². The molecule has 0 saturated carbocycles. The fourth-order valence-electron chi connectivity index (χ4n) is 1.72. The lowest BCUT2D eigenvalue weighted by Gasteiger charge is -2.13. The zero-order valence-electron chi connectivity index (χ0n) is 10.8. The van der Waals surface area contributed by atoms with Gasteiger partial charge in [-0.25, -0.2) is 17.2 Å². The van der Waals surface area contributed by atoms with Crippen molar-refractivity contribution in [1.29, 1.82) is 0 Å². The number of hydrogen-bond donors (Lipinski definition) is 2. The van der Waals surface area contributed by atoms with Crippen molar-refractivity contribution >= 4 is 44.0 Å². The largest absolute Gasteiger partial charge is 0.399 e. The first kappa shape index (κ1) is 16.0. The van der Waals surface area contributed by atoms with Crippen molar-refractivity contribution < 1.29 is 17.2 Å². The summed E-state index contributed by atoms with van der Waals surface area (Å²) in [5.74, 6) is -1.18. The summed E-state index contributed by atoms with van der Waals surface area (Å²) in [5.41, 5.74) is 5.67. The molecule has 8 heteroatoms. The van der Waals surface area contributed by atoms with Crippen LogP contribution in [0, 0.1) is 22.1 Å². The number of hydrogen-bond acceptors (Lipinski definition) is 3. The molecule has 0 unspecified atom stereocenters. The summed E-state index contributed by atoms with van der Waals surface area (Å²) < 4.78 is 54.0. The molecule has 0 aliphatic rings. The molecule has 0 aliphatic carbocycles. The number of rotatable bonds is 3. The van der Waals surface area contributed by atoms with Crippen molar-refractivity contribution in [2.24, 2.45) is 0 Å². The van der Waals surface area contributed by atoms with Crippen LogP contribution in [-0.4, -0.2) is 8.42 Å². The van der Waals surface area contributed by atoms with E-state index in [4.69, 9.17) is 5.73 Å². The molecule has 0 atom stereocenters. The average Bonchev–Trinajstić information content (AvgIpc) is 2.37. The Kier molecular flexibility index (Phi) is 4.38. The molecule has 3 N–H and O–H groups in total. The number of nitrogens with two attached hydrogens (primary N) is 1. The van der Waals surface area contributed by atoms with E-state index in [2.05, 4.69) is 4.72 Å². The van der Waals surface area contributed by atoms with E-state index in [0.29, 0.717) is 3.57 Å². The van der Waals surface area contributed by atoms with Gasteiger partial charge in [-0.3, -0.25) is 4.72 Å². The molecule has 0 aliphatic heterocycles. The third-order valence-electron chi connectivity index (χ3n) is 2.78. The van der Waals surface area contributed by atoms with Crippen LogP contribution in [-0.2, 0) is 10.0 Å². The van der Waals surface area contributed by atoms with Gasteiger partial charge in [0.15, 0.2) is 0 Å². The number of nitrogen functional groups attached to an aromatic ring is 1. The number of benzene rings is 2. The van der Waals surface area contributed by atoms with Gasteiger partial charge >= 0.3 is 0 Å². The predicted molar refractivity (Wildman–Crippen MR) is 85.5 cm³/mol. The Morgan fingerprint density at radius 2 is 1.86 bits per heavy atom. The van der Waals surface area contributed by atoms with Crippen molar-refractivity contribution in [3.8, 4) is 0 Å². The molecule has 21 heavy (non-hydrogen) atoms. The SMILES string of the molecule is Cc1c(F)cc(N)cc1S(=O)(=O)Nc1ccc(F)cc1I. The van der Waals surface area contributed by atoms with Gasteiger partial charge in [0.1, 0.15) is 11.6 Å². The highest BCUT2D eigenvalue weighted by Gasteiger charge is 2.21. The summed E-state index contributed by atoms with van der Waals surface area (Å²) in [6.45, 7) is 1.35. The fraction of sp³-hybridized carbons (Fsp3) is 0.0769. The van der Waals surface area contributed by atoms with Crippen molar-refractivity contribution in [3.63, 3.8) is 0 Å². The summed E-state index contributed by atoms with van der Waals surface area (Å²) in [6.07, 6.45) is 0. The van der Waals surface area contributed by atoms with Crippen LogP contribution in [0.25, 0.3) is 0 Å². The normalized spacial score (nSPS) is 11.4. The second kappa shape index (κ2) is 5.76. The molecule has 0 aromatic heterocycles. The molecule has 112 valence electrons. The minimum atomic E-state index is -4.02. The van der Waals surface area contributed by atoms with E-state index in [1.165, 1.54) is 25.1 Å². The quantitative estimate of drug-likeness (QED) is 0.587. The topological polar surface area (TPSA) is 72.2 Å². The van der Waals surface area contributed by atoms with Crippen LogP contribution < -0.4 is 10.5 Å². The van der Waals surface area contributed by atoms with Gasteiger partial charge in [0.2, 0.25) is 0 Å². The fourth-order valence-corrected chi connectivity index (χ4v) is 3.89. The molecule has 2 aromatic carbocycles. The Hall–Kier alpha value is -1.42. The van der Waals surface area contributed by atoms with E-state index in [1.807, 2.05) is 0 Å². The van der Waals surface area contributed by atoms with Crippen LogP contribution in [0.4, 0.5) is 20.2 Å². The molecular formula is C13H11F2IN2O2S. The molecule has 2 rings (SSSR count). The van der Waals surface area contributed by atoms with Crippen LogP contribution in [0.3, 0.4) is 0 Å². The van der Waals surface area contributed by atoms with E-state index in [9.17, 15) is 17.2 Å². The second-order valence-corrected chi connectivity index (χ2v) is 7.17. The Morgan fingerprint density at radius 1 is 1.19 bits per heavy atom. The van der Waals surface area contributed by atoms with Crippen molar-refractivity contribution in [2.75, 3.05) is 10.5 Å². The van der Waals surface area contributed by atoms with Gasteiger partial charge in [-0.2, -0.15) is 0 Å². The molecular weight excluding hydrogens is 413 g/mol. The summed E-state index contributed by atoms with van der Waals surface area (Å²) >= 11 is 1.80. The van der Waals surface area contributed by atoms with Gasteiger partial charge in [0.25, 0.3) is 10.0 Å². The van der Waals surface area contributed by atoms with Gasteiger partial charge in [0, 0.05) is 14.8 Å². The first-order chi connectivity index (χ1) is 9.70. The van der Waals surface area contributed by atoms with Gasteiger partial charge in [0.05, 0.1) is 10.6 Å². The maximum Gasteiger partial charge on any atom is 0.262 e. The first-order valence-corrected chi connectivity index (χ1v) is 8.30. The summed E-state index contributed by atoms with van der Waals surface area (Å²) in [5, 5.41) is 0. The van der Waals surface area contributed by atoms with Crippen LogP contribution >= 0.6 is 22.6 Å². The van der Waals surface area contributed by atoms with Crippen molar-refractivity contribution in [2.45, 2.75) is 11.8 Å². The monoisotopic (exact) mass is 424 g/mol. The van der Waals surface area contributed by atoms with E-state index >= 15 is 0 Å². The molecule has 0 amide bonds. The first-order valence-electron chi connectivity index (χ1n) is 5.74. The van der Waals surface area contributed by atoms with Crippen LogP contribution in [0.1, 0.15) is 5.56 Å². The lowest BCUT2D eigenvalue weighted by Crippen LogP contribution is -2.16. The van der Waals surface area contributed by atoms with Gasteiger partial charge < -0.3 is 5.73 Å². The smallest absolute Gasteiger partial charge is 0.262 e. The predicted octanol–water partition coefficient (Wildman–Crippen LogP) is 3.26. The maximum absolute atomic E-state index is 13.6. The number of sulfonamides is 1. The molecule has 2 aromatic rings. The zero-order valence-corrected chi connectivity index (χ0v) is 13.8. The summed E-state index contributed by atoms with van der Waals surface area (Å²) in [6, 6.07) is 5.85. The van der Waals surface area contributed by atoms with E-state index in [-0.39, 0.29) is 21.8 Å². The molecule has 0 spiro atoms. The summed E-state index contributed by atoms with van der Waals surface area (Å²) in [7, 11) is -4.02. The highest BCUT2D eigenvalue weighted by molar-refractivity contribution is 14.1. The Balaban J connectivity index is 2.48.